The first-order valence-electron chi connectivity index (χ1n) is 10.1. The fraction of sp³-hybridized carbons (Fsp3) is 0.381. The van der Waals surface area contributed by atoms with Gasteiger partial charge in [0.05, 0.1) is 11.5 Å². The van der Waals surface area contributed by atoms with E-state index in [4.69, 9.17) is 11.6 Å². The fourth-order valence-corrected chi connectivity index (χ4v) is 4.13. The molecule has 0 aliphatic carbocycles. The standard InChI is InChI=1S/C21H24ClFN6O2/c1-12(30)18(27-16-8-13(22)7-14(23)9-16)21(31)28-15-3-2-6-29(10-15)20-17-4-5-24-19(17)25-11-26-20/h4-5,7-9,11-12,15,18,27,30H,2-3,6,10H2,1H3,(H,28,31)(H,24,25,26)/t12-,15-,18-/m1/s1. The van der Waals surface area contributed by atoms with E-state index in [0.29, 0.717) is 12.2 Å². The second kappa shape index (κ2) is 9.07. The van der Waals surface area contributed by atoms with Gasteiger partial charge in [-0.05, 0) is 44.0 Å². The Balaban J connectivity index is 1.45. The van der Waals surface area contributed by atoms with Crippen molar-refractivity contribution >= 4 is 40.0 Å². The lowest BCUT2D eigenvalue weighted by molar-refractivity contribution is -0.124. The van der Waals surface area contributed by atoms with Crippen molar-refractivity contribution in [3.63, 3.8) is 0 Å². The van der Waals surface area contributed by atoms with Gasteiger partial charge in [0.25, 0.3) is 0 Å². The zero-order valence-electron chi connectivity index (χ0n) is 17.0. The number of H-pyrrole nitrogens is 1. The van der Waals surface area contributed by atoms with Crippen LogP contribution in [0.4, 0.5) is 15.9 Å². The maximum atomic E-state index is 13.6. The predicted molar refractivity (Wildman–Crippen MR) is 118 cm³/mol. The van der Waals surface area contributed by atoms with Gasteiger partial charge in [0.2, 0.25) is 5.91 Å². The Morgan fingerprint density at radius 3 is 3.00 bits per heavy atom. The van der Waals surface area contributed by atoms with Gasteiger partial charge in [-0.3, -0.25) is 4.79 Å². The Bertz CT molecular complexity index is 1050. The van der Waals surface area contributed by atoms with Crippen LogP contribution in [0, 0.1) is 5.82 Å². The summed E-state index contributed by atoms with van der Waals surface area (Å²) < 4.78 is 13.6. The number of aromatic nitrogens is 3. The Morgan fingerprint density at radius 1 is 1.39 bits per heavy atom. The van der Waals surface area contributed by atoms with E-state index < -0.39 is 18.0 Å². The molecule has 1 aliphatic rings. The van der Waals surface area contributed by atoms with Crippen LogP contribution in [0.2, 0.25) is 5.02 Å². The Hall–Kier alpha value is -2.91. The van der Waals surface area contributed by atoms with E-state index in [9.17, 15) is 14.3 Å². The number of aliphatic hydroxyl groups excluding tert-OH is 1. The van der Waals surface area contributed by atoms with E-state index >= 15 is 0 Å². The number of amides is 1. The largest absolute Gasteiger partial charge is 0.391 e. The number of hydrogen-bond acceptors (Lipinski definition) is 6. The monoisotopic (exact) mass is 446 g/mol. The highest BCUT2D eigenvalue weighted by Gasteiger charge is 2.29. The Morgan fingerprint density at radius 2 is 2.23 bits per heavy atom. The molecule has 3 heterocycles. The van der Waals surface area contributed by atoms with Gasteiger partial charge in [-0.2, -0.15) is 0 Å². The maximum absolute atomic E-state index is 13.6. The van der Waals surface area contributed by atoms with Gasteiger partial charge in [-0.1, -0.05) is 11.6 Å². The molecule has 1 aromatic carbocycles. The summed E-state index contributed by atoms with van der Waals surface area (Å²) in [5.74, 6) is -0.0647. The second-order valence-electron chi connectivity index (χ2n) is 7.75. The normalized spacial score (nSPS) is 18.6. The van der Waals surface area contributed by atoms with Crippen LogP contribution in [0.5, 0.6) is 0 Å². The zero-order valence-corrected chi connectivity index (χ0v) is 17.7. The first kappa shape index (κ1) is 21.3. The number of piperidine rings is 1. The summed E-state index contributed by atoms with van der Waals surface area (Å²) in [7, 11) is 0. The van der Waals surface area contributed by atoms with Gasteiger partial charge in [-0.25, -0.2) is 14.4 Å². The lowest BCUT2D eigenvalue weighted by Gasteiger charge is -2.35. The molecule has 0 unspecified atom stereocenters. The van der Waals surface area contributed by atoms with E-state index in [0.717, 1.165) is 36.2 Å². The first-order valence-corrected chi connectivity index (χ1v) is 10.5. The van der Waals surface area contributed by atoms with Crippen LogP contribution in [0.3, 0.4) is 0 Å². The molecule has 0 spiro atoms. The summed E-state index contributed by atoms with van der Waals surface area (Å²) in [6.07, 6.45) is 4.04. The molecule has 0 bridgehead atoms. The number of benzene rings is 1. The van der Waals surface area contributed by atoms with Crippen LogP contribution in [-0.4, -0.2) is 57.2 Å². The molecule has 8 nitrogen and oxygen atoms in total. The van der Waals surface area contributed by atoms with E-state index in [-0.39, 0.29) is 17.0 Å². The number of aliphatic hydroxyl groups is 1. The summed E-state index contributed by atoms with van der Waals surface area (Å²) in [6.45, 7) is 2.92. The number of carbonyl (C=O) groups excluding carboxylic acids is 1. The van der Waals surface area contributed by atoms with E-state index in [1.165, 1.54) is 31.5 Å². The van der Waals surface area contributed by atoms with Crippen LogP contribution in [0.15, 0.2) is 36.8 Å². The molecule has 3 atom stereocenters. The van der Waals surface area contributed by atoms with Gasteiger partial charge in [0, 0.05) is 36.0 Å². The topological polar surface area (TPSA) is 106 Å². The average molecular weight is 447 g/mol. The van der Waals surface area contributed by atoms with E-state index in [1.54, 1.807) is 0 Å². The highest BCUT2D eigenvalue weighted by molar-refractivity contribution is 6.30. The fourth-order valence-electron chi connectivity index (χ4n) is 3.91. The number of hydrogen-bond donors (Lipinski definition) is 4. The summed E-state index contributed by atoms with van der Waals surface area (Å²) >= 11 is 5.89. The van der Waals surface area contributed by atoms with Gasteiger partial charge < -0.3 is 25.6 Å². The van der Waals surface area contributed by atoms with Crippen molar-refractivity contribution in [3.8, 4) is 0 Å². The van der Waals surface area contributed by atoms with Crippen LogP contribution in [0.1, 0.15) is 19.8 Å². The molecule has 4 N–H and O–H groups in total. The van der Waals surface area contributed by atoms with E-state index in [2.05, 4.69) is 30.5 Å². The molecule has 3 aromatic rings. The van der Waals surface area contributed by atoms with Crippen LogP contribution >= 0.6 is 11.6 Å². The average Bonchev–Trinajstić information content (AvgIpc) is 3.20. The lowest BCUT2D eigenvalue weighted by Crippen LogP contribution is -2.54. The minimum atomic E-state index is -0.997. The van der Waals surface area contributed by atoms with Crippen LogP contribution in [0.25, 0.3) is 11.0 Å². The molecule has 4 rings (SSSR count). The van der Waals surface area contributed by atoms with Gasteiger partial charge in [0.15, 0.2) is 0 Å². The van der Waals surface area contributed by atoms with Crippen molar-refractivity contribution in [1.82, 2.24) is 20.3 Å². The number of halogens is 2. The van der Waals surface area contributed by atoms with Crippen molar-refractivity contribution in [1.29, 1.82) is 0 Å². The van der Waals surface area contributed by atoms with Gasteiger partial charge in [0.1, 0.15) is 29.7 Å². The highest BCUT2D eigenvalue weighted by atomic mass is 35.5. The quantitative estimate of drug-likeness (QED) is 0.464. The van der Waals surface area contributed by atoms with Crippen molar-refractivity contribution in [2.45, 2.75) is 38.0 Å². The Labute approximate surface area is 183 Å². The second-order valence-corrected chi connectivity index (χ2v) is 8.19. The molecular weight excluding hydrogens is 423 g/mol. The third-order valence-corrected chi connectivity index (χ3v) is 5.57. The summed E-state index contributed by atoms with van der Waals surface area (Å²) in [6, 6.07) is 4.77. The molecular formula is C21H24ClFN6O2. The minimum Gasteiger partial charge on any atom is -0.391 e. The Kier molecular flexibility index (Phi) is 6.24. The van der Waals surface area contributed by atoms with Crippen LogP contribution < -0.4 is 15.5 Å². The molecule has 164 valence electrons. The van der Waals surface area contributed by atoms with Gasteiger partial charge in [-0.15, -0.1) is 0 Å². The predicted octanol–water partition coefficient (Wildman–Crippen LogP) is 2.70. The summed E-state index contributed by atoms with van der Waals surface area (Å²) in [5.41, 5.74) is 1.09. The molecule has 1 amide bonds. The SMILES string of the molecule is C[C@@H](O)[C@@H](Nc1cc(F)cc(Cl)c1)C(=O)N[C@@H]1CCCN(c2ncnc3[nH]ccc23)C1. The highest BCUT2D eigenvalue weighted by Crippen LogP contribution is 2.25. The molecule has 2 aromatic heterocycles. The number of rotatable bonds is 6. The lowest BCUT2D eigenvalue weighted by atomic mass is 10.0. The molecule has 31 heavy (non-hydrogen) atoms. The molecule has 0 radical (unpaired) electrons. The molecule has 1 aliphatic heterocycles. The number of fused-ring (bicyclic) bond motifs is 1. The van der Waals surface area contributed by atoms with Crippen LogP contribution in [-0.2, 0) is 4.79 Å². The van der Waals surface area contributed by atoms with E-state index in [1.807, 2.05) is 12.3 Å². The minimum absolute atomic E-state index is 0.121. The number of nitrogens with zero attached hydrogens (tertiary/aromatic N) is 3. The first-order chi connectivity index (χ1) is 14.9. The summed E-state index contributed by atoms with van der Waals surface area (Å²) in [5, 5.41) is 17.2. The summed E-state index contributed by atoms with van der Waals surface area (Å²) in [4.78, 5) is 26.8. The third-order valence-electron chi connectivity index (χ3n) is 5.35. The smallest absolute Gasteiger partial charge is 0.245 e. The van der Waals surface area contributed by atoms with Crippen molar-refractivity contribution in [2.24, 2.45) is 0 Å². The number of aromatic amines is 1. The van der Waals surface area contributed by atoms with Crippen molar-refractivity contribution in [3.05, 3.63) is 47.6 Å². The van der Waals surface area contributed by atoms with Crippen molar-refractivity contribution in [2.75, 3.05) is 23.3 Å². The third kappa shape index (κ3) is 4.88. The zero-order chi connectivity index (χ0) is 22.0. The number of carbonyl (C=O) groups is 1. The maximum Gasteiger partial charge on any atom is 0.245 e. The number of anilines is 2. The number of nitrogens with one attached hydrogen (secondary N) is 3. The molecule has 10 heteroatoms. The molecule has 1 saturated heterocycles. The van der Waals surface area contributed by atoms with Crippen molar-refractivity contribution < 1.29 is 14.3 Å². The molecule has 1 fully saturated rings. The van der Waals surface area contributed by atoms with Gasteiger partial charge >= 0.3 is 0 Å². The molecule has 0 saturated carbocycles.